The van der Waals surface area contributed by atoms with Crippen molar-refractivity contribution in [3.05, 3.63) is 58.1 Å². The smallest absolute Gasteiger partial charge is 0.255 e. The molecule has 7 heteroatoms. The summed E-state index contributed by atoms with van der Waals surface area (Å²) in [5.74, 6) is -0.0287. The first kappa shape index (κ1) is 16.5. The van der Waals surface area contributed by atoms with Crippen LogP contribution in [0.4, 0.5) is 4.39 Å². The number of pyridine rings is 1. The molecule has 0 aliphatic heterocycles. The number of rotatable bonds is 5. The molecule has 0 fully saturated rings. The fraction of sp³-hybridized carbons (Fsp3) is 0.200. The maximum atomic E-state index is 12.8. The van der Waals surface area contributed by atoms with Gasteiger partial charge in [0.25, 0.3) is 5.91 Å². The van der Waals surface area contributed by atoms with Crippen molar-refractivity contribution in [3.8, 4) is 5.75 Å². The summed E-state index contributed by atoms with van der Waals surface area (Å²) in [5.41, 5.74) is 0.346. The lowest BCUT2D eigenvalue weighted by Crippen LogP contribution is -2.31. The van der Waals surface area contributed by atoms with Crippen molar-refractivity contribution in [2.75, 3.05) is 20.2 Å². The second-order valence-corrected chi connectivity index (χ2v) is 5.29. The van der Waals surface area contributed by atoms with Crippen LogP contribution in [-0.4, -0.2) is 36.0 Å². The van der Waals surface area contributed by atoms with Gasteiger partial charge in [0.1, 0.15) is 23.3 Å². The van der Waals surface area contributed by atoms with Crippen LogP contribution < -0.4 is 4.74 Å². The van der Waals surface area contributed by atoms with Crippen LogP contribution in [0.2, 0.25) is 10.2 Å². The summed E-state index contributed by atoms with van der Waals surface area (Å²) in [7, 11) is 1.64. The van der Waals surface area contributed by atoms with Crippen molar-refractivity contribution in [2.24, 2.45) is 0 Å². The van der Waals surface area contributed by atoms with E-state index >= 15 is 0 Å². The van der Waals surface area contributed by atoms with Gasteiger partial charge in [-0.25, -0.2) is 9.37 Å². The standard InChI is InChI=1S/C15H13Cl2FN2O2/c1-20(6-7-22-12-4-2-11(18)3-5-12)15(21)10-8-13(16)14(17)19-9-10/h2-5,8-9H,6-7H2,1H3. The van der Waals surface area contributed by atoms with Crippen LogP contribution in [0.25, 0.3) is 0 Å². The highest BCUT2D eigenvalue weighted by molar-refractivity contribution is 6.41. The third kappa shape index (κ3) is 4.32. The highest BCUT2D eigenvalue weighted by Crippen LogP contribution is 2.20. The molecule has 1 aromatic heterocycles. The zero-order chi connectivity index (χ0) is 16.1. The average Bonchev–Trinajstić information content (AvgIpc) is 2.51. The van der Waals surface area contributed by atoms with E-state index < -0.39 is 0 Å². The van der Waals surface area contributed by atoms with E-state index in [0.717, 1.165) is 0 Å². The number of hydrogen-bond acceptors (Lipinski definition) is 3. The topological polar surface area (TPSA) is 42.4 Å². The molecule has 0 atom stereocenters. The van der Waals surface area contributed by atoms with E-state index in [9.17, 15) is 9.18 Å². The number of amides is 1. The zero-order valence-corrected chi connectivity index (χ0v) is 13.2. The highest BCUT2D eigenvalue weighted by Gasteiger charge is 2.13. The maximum Gasteiger partial charge on any atom is 0.255 e. The second-order valence-electron chi connectivity index (χ2n) is 4.53. The van der Waals surface area contributed by atoms with Crippen molar-refractivity contribution in [1.82, 2.24) is 9.88 Å². The number of carbonyl (C=O) groups is 1. The van der Waals surface area contributed by atoms with Crippen LogP contribution in [-0.2, 0) is 0 Å². The molecular weight excluding hydrogens is 330 g/mol. The van der Waals surface area contributed by atoms with E-state index in [-0.39, 0.29) is 28.5 Å². The Labute approximate surface area is 137 Å². The van der Waals surface area contributed by atoms with Gasteiger partial charge in [-0.1, -0.05) is 23.2 Å². The van der Waals surface area contributed by atoms with Gasteiger partial charge in [0.15, 0.2) is 0 Å². The van der Waals surface area contributed by atoms with Gasteiger partial charge in [-0.3, -0.25) is 4.79 Å². The summed E-state index contributed by atoms with van der Waals surface area (Å²) in [4.78, 5) is 17.5. The summed E-state index contributed by atoms with van der Waals surface area (Å²) in [6, 6.07) is 7.15. The van der Waals surface area contributed by atoms with E-state index in [1.54, 1.807) is 7.05 Å². The summed E-state index contributed by atoms with van der Waals surface area (Å²) in [5, 5.41) is 0.379. The van der Waals surface area contributed by atoms with Gasteiger partial charge in [-0.05, 0) is 30.3 Å². The van der Waals surface area contributed by atoms with Gasteiger partial charge < -0.3 is 9.64 Å². The molecule has 2 rings (SSSR count). The first-order chi connectivity index (χ1) is 10.5. The molecule has 0 saturated carbocycles. The van der Waals surface area contributed by atoms with Crippen LogP contribution >= 0.6 is 23.2 Å². The second kappa shape index (κ2) is 7.42. The summed E-state index contributed by atoms with van der Waals surface area (Å²) < 4.78 is 18.2. The zero-order valence-electron chi connectivity index (χ0n) is 11.7. The molecule has 0 aliphatic rings. The molecule has 0 N–H and O–H groups in total. The average molecular weight is 343 g/mol. The van der Waals surface area contributed by atoms with Crippen LogP contribution in [0.1, 0.15) is 10.4 Å². The molecule has 0 bridgehead atoms. The van der Waals surface area contributed by atoms with Gasteiger partial charge in [-0.2, -0.15) is 0 Å². The normalized spacial score (nSPS) is 10.4. The third-order valence-electron chi connectivity index (χ3n) is 2.90. The Morgan fingerprint density at radius 2 is 2.00 bits per heavy atom. The molecule has 22 heavy (non-hydrogen) atoms. The number of halogens is 3. The van der Waals surface area contributed by atoms with Gasteiger partial charge in [0, 0.05) is 13.2 Å². The summed E-state index contributed by atoms with van der Waals surface area (Å²) >= 11 is 11.6. The first-order valence-electron chi connectivity index (χ1n) is 6.42. The lowest BCUT2D eigenvalue weighted by atomic mass is 10.2. The fourth-order valence-corrected chi connectivity index (χ4v) is 1.96. The minimum absolute atomic E-state index is 0.153. The van der Waals surface area contributed by atoms with Gasteiger partial charge in [0.05, 0.1) is 17.1 Å². The van der Waals surface area contributed by atoms with Gasteiger partial charge >= 0.3 is 0 Å². The van der Waals surface area contributed by atoms with E-state index in [0.29, 0.717) is 17.9 Å². The SMILES string of the molecule is CN(CCOc1ccc(F)cc1)C(=O)c1cnc(Cl)c(Cl)c1. The molecule has 2 aromatic rings. The van der Waals surface area contributed by atoms with Gasteiger partial charge in [0.2, 0.25) is 0 Å². The number of carbonyl (C=O) groups excluding carboxylic acids is 1. The molecule has 1 heterocycles. The van der Waals surface area contributed by atoms with Crippen LogP contribution in [0.15, 0.2) is 36.5 Å². The quantitative estimate of drug-likeness (QED) is 0.778. The minimum atomic E-state index is -0.327. The number of hydrogen-bond donors (Lipinski definition) is 0. The number of nitrogens with zero attached hydrogens (tertiary/aromatic N) is 2. The van der Waals surface area contributed by atoms with Crippen molar-refractivity contribution in [2.45, 2.75) is 0 Å². The monoisotopic (exact) mass is 342 g/mol. The molecule has 0 aliphatic carbocycles. The highest BCUT2D eigenvalue weighted by atomic mass is 35.5. The van der Waals surface area contributed by atoms with Crippen LogP contribution in [0.3, 0.4) is 0 Å². The van der Waals surface area contributed by atoms with E-state index in [4.69, 9.17) is 27.9 Å². The van der Waals surface area contributed by atoms with Crippen molar-refractivity contribution < 1.29 is 13.9 Å². The molecule has 1 aromatic carbocycles. The molecule has 116 valence electrons. The Bertz CT molecular complexity index is 665. The van der Waals surface area contributed by atoms with E-state index in [1.165, 1.54) is 41.4 Å². The van der Waals surface area contributed by atoms with E-state index in [2.05, 4.69) is 4.98 Å². The van der Waals surface area contributed by atoms with Crippen molar-refractivity contribution >= 4 is 29.1 Å². The van der Waals surface area contributed by atoms with Crippen molar-refractivity contribution in [1.29, 1.82) is 0 Å². The molecule has 0 radical (unpaired) electrons. The Morgan fingerprint density at radius 1 is 1.32 bits per heavy atom. The summed E-state index contributed by atoms with van der Waals surface area (Å²) in [6.07, 6.45) is 1.37. The third-order valence-corrected chi connectivity index (χ3v) is 3.59. The number of ether oxygens (including phenoxy) is 1. The van der Waals surface area contributed by atoms with Crippen LogP contribution in [0, 0.1) is 5.82 Å². The molecule has 1 amide bonds. The Balaban J connectivity index is 1.88. The minimum Gasteiger partial charge on any atom is -0.492 e. The molecule has 0 saturated heterocycles. The first-order valence-corrected chi connectivity index (χ1v) is 7.18. The van der Waals surface area contributed by atoms with Gasteiger partial charge in [-0.15, -0.1) is 0 Å². The maximum absolute atomic E-state index is 12.8. The van der Waals surface area contributed by atoms with E-state index in [1.807, 2.05) is 0 Å². The predicted molar refractivity (Wildman–Crippen MR) is 83.1 cm³/mol. The molecule has 0 spiro atoms. The Morgan fingerprint density at radius 3 is 2.64 bits per heavy atom. The molecule has 4 nitrogen and oxygen atoms in total. The number of likely N-dealkylation sites (N-methyl/N-ethyl adjacent to an activating group) is 1. The van der Waals surface area contributed by atoms with Crippen LogP contribution in [0.5, 0.6) is 5.75 Å². The van der Waals surface area contributed by atoms with Crippen molar-refractivity contribution in [3.63, 3.8) is 0 Å². The Kier molecular flexibility index (Phi) is 5.57. The fourth-order valence-electron chi connectivity index (χ4n) is 1.69. The predicted octanol–water partition coefficient (Wildman–Crippen LogP) is 3.68. The Hall–Kier alpha value is -1.85. The largest absolute Gasteiger partial charge is 0.492 e. The number of aromatic nitrogens is 1. The lowest BCUT2D eigenvalue weighted by Gasteiger charge is -2.17. The summed E-state index contributed by atoms with van der Waals surface area (Å²) in [6.45, 7) is 0.638. The lowest BCUT2D eigenvalue weighted by molar-refractivity contribution is 0.0773. The molecular formula is C15H13Cl2FN2O2. The number of benzene rings is 1. The molecule has 0 unspecified atom stereocenters.